The Bertz CT molecular complexity index is 461. The fourth-order valence-corrected chi connectivity index (χ4v) is 3.75. The molecule has 0 saturated carbocycles. The van der Waals surface area contributed by atoms with Crippen LogP contribution in [0, 0.1) is 0 Å². The molecule has 0 N–H and O–H groups in total. The molecule has 0 aliphatic heterocycles. The van der Waals surface area contributed by atoms with Crippen molar-refractivity contribution < 1.29 is 31.3 Å². The van der Waals surface area contributed by atoms with E-state index in [1.807, 2.05) is 54.6 Å². The summed E-state index contributed by atoms with van der Waals surface area (Å²) in [4.78, 5) is 11.7. The van der Waals surface area contributed by atoms with Gasteiger partial charge in [0.25, 0.3) is 0 Å². The van der Waals surface area contributed by atoms with E-state index in [0.717, 1.165) is 18.4 Å². The monoisotopic (exact) mass is 388 g/mol. The number of carbonyl (C=O) groups excluding carboxylic acids is 1. The molecule has 0 aliphatic carbocycles. The van der Waals surface area contributed by atoms with Crippen LogP contribution in [0.2, 0.25) is 6.04 Å². The molecule has 0 fully saturated rings. The first-order valence-corrected chi connectivity index (χ1v) is 10.1. The predicted molar refractivity (Wildman–Crippen MR) is 98.0 cm³/mol. The van der Waals surface area contributed by atoms with Gasteiger partial charge in [0, 0.05) is 14.2 Å². The number of ketones is 1. The van der Waals surface area contributed by atoms with Gasteiger partial charge in [-0.05, 0) is 12.8 Å². The van der Waals surface area contributed by atoms with E-state index < -0.39 is 0 Å². The number of Topliss-reactive ketones (excluding diaryl/α,β-unsaturated/α-hetero) is 1. The second-order valence-corrected chi connectivity index (χ2v) is 7.36. The third-order valence-corrected chi connectivity index (χ3v) is 5.71. The van der Waals surface area contributed by atoms with Crippen molar-refractivity contribution in [3.63, 3.8) is 0 Å². The van der Waals surface area contributed by atoms with Crippen LogP contribution in [-0.2, 0) is 26.5 Å². The van der Waals surface area contributed by atoms with Crippen LogP contribution in [0.25, 0.3) is 0 Å². The quantitative estimate of drug-likeness (QED) is 0.205. The molecule has 3 nitrogen and oxygen atoms in total. The van der Waals surface area contributed by atoms with E-state index in [0.29, 0.717) is 6.42 Å². The van der Waals surface area contributed by atoms with Gasteiger partial charge < -0.3 is 14.3 Å². The molecule has 0 heterocycles. The largest absolute Gasteiger partial charge is 2.00 e. The van der Waals surface area contributed by atoms with Gasteiger partial charge >= 0.3 is 17.1 Å². The maximum absolute atomic E-state index is 11.7. The van der Waals surface area contributed by atoms with Crippen LogP contribution >= 0.6 is 0 Å². The number of unbranched alkanes of at least 4 members (excludes halogenated alkanes) is 2. The van der Waals surface area contributed by atoms with E-state index in [1.165, 1.54) is 12.5 Å². The topological polar surface area (TPSA) is 35.5 Å². The SMILES string of the molecule is COC(OC)[SiH2]CCCCCC(=O)[c-]1cccc1.[Fe+2].c1cc[cH-]c1. The molecule has 0 saturated heterocycles. The van der Waals surface area contributed by atoms with Gasteiger partial charge in [0.15, 0.2) is 0 Å². The van der Waals surface area contributed by atoms with Gasteiger partial charge in [-0.2, -0.15) is 30.3 Å². The Kier molecular flexibility index (Phi) is 14.9. The first-order chi connectivity index (χ1) is 11.3. The minimum Gasteiger partial charge on any atom is -0.360 e. The summed E-state index contributed by atoms with van der Waals surface area (Å²) in [6, 6.07) is 18.8. The Balaban J connectivity index is 0.000000751. The zero-order valence-corrected chi connectivity index (χ0v) is 17.1. The van der Waals surface area contributed by atoms with Gasteiger partial charge in [-0.15, -0.1) is 0 Å². The molecule has 2 aromatic rings. The number of ether oxygens (including phenoxy) is 2. The average molecular weight is 388 g/mol. The van der Waals surface area contributed by atoms with Gasteiger partial charge in [0.2, 0.25) is 0 Å². The van der Waals surface area contributed by atoms with Gasteiger partial charge in [0.05, 0.1) is 9.52 Å². The average Bonchev–Trinajstić information content (AvgIpc) is 3.29. The number of carbonyl (C=O) groups is 1. The fourth-order valence-electron chi connectivity index (χ4n) is 2.31. The molecule has 0 aromatic heterocycles. The standard InChI is InChI=1S/C14H23O3Si.C5H5.Fe/c1-16-14(17-2)18-11-7-3-4-10-13(15)12-8-5-6-9-12;1-2-4-5-3-1;/h5-6,8-9,14H,3-4,7,10-11,18H2,1-2H3;1-5H;/q2*-1;+2. The first kappa shape index (κ1) is 23.0. The summed E-state index contributed by atoms with van der Waals surface area (Å²) in [7, 11) is 3.09. The fraction of sp³-hybridized carbons (Fsp3) is 0.421. The molecule has 0 spiro atoms. The molecule has 134 valence electrons. The maximum atomic E-state index is 11.7. The zero-order chi connectivity index (χ0) is 16.8. The molecular formula is C19H28FeO3Si. The van der Waals surface area contributed by atoms with Crippen LogP contribution in [0.3, 0.4) is 0 Å². The minimum absolute atomic E-state index is 0. The summed E-state index contributed by atoms with van der Waals surface area (Å²) in [6.07, 6.45) is 3.97. The van der Waals surface area contributed by atoms with Crippen molar-refractivity contribution in [1.29, 1.82) is 0 Å². The van der Waals surface area contributed by atoms with Crippen molar-refractivity contribution in [1.82, 2.24) is 0 Å². The van der Waals surface area contributed by atoms with Gasteiger partial charge in [-0.25, -0.2) is 24.3 Å². The van der Waals surface area contributed by atoms with Crippen LogP contribution < -0.4 is 0 Å². The molecule has 0 unspecified atom stereocenters. The first-order valence-electron chi connectivity index (χ1n) is 8.25. The van der Waals surface area contributed by atoms with E-state index in [9.17, 15) is 4.79 Å². The molecule has 2 rings (SSSR count). The van der Waals surface area contributed by atoms with Crippen molar-refractivity contribution in [3.05, 3.63) is 60.2 Å². The van der Waals surface area contributed by atoms with Crippen molar-refractivity contribution in [2.75, 3.05) is 14.2 Å². The predicted octanol–water partition coefficient (Wildman–Crippen LogP) is 3.72. The van der Waals surface area contributed by atoms with E-state index in [2.05, 4.69) is 0 Å². The Hall–Kier alpha value is -0.974. The van der Waals surface area contributed by atoms with Crippen LogP contribution in [-0.4, -0.2) is 35.4 Å². The summed E-state index contributed by atoms with van der Waals surface area (Å²) in [5.41, 5.74) is 0.850. The van der Waals surface area contributed by atoms with Gasteiger partial charge in [-0.1, -0.05) is 24.4 Å². The third kappa shape index (κ3) is 10.7. The number of hydrogen-bond donors (Lipinski definition) is 0. The summed E-state index contributed by atoms with van der Waals surface area (Å²) < 4.78 is 10.4. The molecule has 0 amide bonds. The molecule has 5 heteroatoms. The van der Waals surface area contributed by atoms with Crippen LogP contribution in [0.1, 0.15) is 36.0 Å². The van der Waals surface area contributed by atoms with Crippen molar-refractivity contribution >= 4 is 15.3 Å². The maximum Gasteiger partial charge on any atom is 2.00 e. The van der Waals surface area contributed by atoms with Crippen LogP contribution in [0.5, 0.6) is 0 Å². The normalized spacial score (nSPS) is 10.5. The second-order valence-electron chi connectivity index (χ2n) is 5.41. The Morgan fingerprint density at radius 2 is 1.67 bits per heavy atom. The molecular weight excluding hydrogens is 360 g/mol. The Morgan fingerprint density at radius 1 is 1.04 bits per heavy atom. The summed E-state index contributed by atoms with van der Waals surface area (Å²) in [6.45, 7) is 0. The number of methoxy groups -OCH3 is 2. The molecule has 0 atom stereocenters. The van der Waals surface area contributed by atoms with E-state index in [-0.39, 0.29) is 38.3 Å². The summed E-state index contributed by atoms with van der Waals surface area (Å²) in [5, 5.41) is 0. The molecule has 0 aliphatic rings. The zero-order valence-electron chi connectivity index (χ0n) is 14.6. The number of hydrogen-bond acceptors (Lipinski definition) is 3. The van der Waals surface area contributed by atoms with Crippen LogP contribution in [0.4, 0.5) is 0 Å². The van der Waals surface area contributed by atoms with E-state index >= 15 is 0 Å². The van der Waals surface area contributed by atoms with E-state index in [1.54, 1.807) is 14.2 Å². The summed E-state index contributed by atoms with van der Waals surface area (Å²) in [5.74, 6) is 0.319. The van der Waals surface area contributed by atoms with Crippen molar-refractivity contribution in [3.8, 4) is 0 Å². The molecule has 2 aromatic carbocycles. The van der Waals surface area contributed by atoms with E-state index in [4.69, 9.17) is 9.47 Å². The smallest absolute Gasteiger partial charge is 0.360 e. The van der Waals surface area contributed by atoms with Crippen molar-refractivity contribution in [2.45, 2.75) is 37.6 Å². The van der Waals surface area contributed by atoms with Gasteiger partial charge in [0.1, 0.15) is 11.7 Å². The molecule has 24 heavy (non-hydrogen) atoms. The summed E-state index contributed by atoms with van der Waals surface area (Å²) >= 11 is 0. The number of rotatable bonds is 10. The molecule has 0 radical (unpaired) electrons. The van der Waals surface area contributed by atoms with Gasteiger partial charge in [-0.3, -0.25) is 0 Å². The third-order valence-electron chi connectivity index (χ3n) is 3.66. The molecule has 0 bridgehead atoms. The Labute approximate surface area is 158 Å². The van der Waals surface area contributed by atoms with Crippen LogP contribution in [0.15, 0.2) is 54.6 Å². The minimum atomic E-state index is -0.293. The van der Waals surface area contributed by atoms with Crippen molar-refractivity contribution in [2.24, 2.45) is 0 Å². The second kappa shape index (κ2) is 15.5. The Morgan fingerprint density at radius 3 is 2.17 bits per heavy atom.